The number of aliphatic imine (C=N–C) groups is 1. The van der Waals surface area contributed by atoms with Crippen LogP contribution in [-0.4, -0.2) is 18.0 Å². The van der Waals surface area contributed by atoms with Crippen LogP contribution < -0.4 is 16.6 Å². The number of nitrogens with zero attached hydrogens (tertiary/aromatic N) is 1. The maximum absolute atomic E-state index is 5.42. The topological polar surface area (TPSA) is 62.4 Å². The number of guanidine groups is 1. The first kappa shape index (κ1) is 12.3. The minimum absolute atomic E-state index is 0.363. The van der Waals surface area contributed by atoms with Crippen molar-refractivity contribution in [3.8, 4) is 0 Å². The fourth-order valence-electron chi connectivity index (χ4n) is 1.94. The second-order valence-electron chi connectivity index (χ2n) is 4.83. The SMILES string of the molecule is CC1CCC(N=C(NN)NC(C)C)CC1. The van der Waals surface area contributed by atoms with Crippen molar-refractivity contribution < 1.29 is 0 Å². The molecule has 0 unspecified atom stereocenters. The van der Waals surface area contributed by atoms with E-state index in [0.717, 1.165) is 11.9 Å². The molecule has 0 spiro atoms. The van der Waals surface area contributed by atoms with Gasteiger partial charge in [0, 0.05) is 6.04 Å². The lowest BCUT2D eigenvalue weighted by Gasteiger charge is -2.24. The van der Waals surface area contributed by atoms with Gasteiger partial charge in [0.2, 0.25) is 5.96 Å². The third kappa shape index (κ3) is 4.51. The van der Waals surface area contributed by atoms with Gasteiger partial charge in [-0.15, -0.1) is 0 Å². The van der Waals surface area contributed by atoms with Crippen molar-refractivity contribution in [2.24, 2.45) is 16.8 Å². The number of nitrogens with one attached hydrogen (secondary N) is 2. The molecule has 4 heteroatoms. The first-order valence-corrected chi connectivity index (χ1v) is 5.92. The minimum atomic E-state index is 0.363. The maximum Gasteiger partial charge on any atom is 0.206 e. The van der Waals surface area contributed by atoms with E-state index in [-0.39, 0.29) is 0 Å². The highest BCUT2D eigenvalue weighted by atomic mass is 15.3. The summed E-state index contributed by atoms with van der Waals surface area (Å²) in [7, 11) is 0. The van der Waals surface area contributed by atoms with E-state index < -0.39 is 0 Å². The summed E-state index contributed by atoms with van der Waals surface area (Å²) in [5.41, 5.74) is 2.63. The fourth-order valence-corrected chi connectivity index (χ4v) is 1.94. The highest BCUT2D eigenvalue weighted by molar-refractivity contribution is 5.79. The normalized spacial score (nSPS) is 27.9. The molecule has 0 bridgehead atoms. The molecule has 1 rings (SSSR count). The Labute approximate surface area is 92.7 Å². The quantitative estimate of drug-likeness (QED) is 0.280. The van der Waals surface area contributed by atoms with Gasteiger partial charge >= 0.3 is 0 Å². The van der Waals surface area contributed by atoms with Crippen LogP contribution in [-0.2, 0) is 0 Å². The van der Waals surface area contributed by atoms with Crippen molar-refractivity contribution in [3.05, 3.63) is 0 Å². The van der Waals surface area contributed by atoms with E-state index in [1.54, 1.807) is 0 Å². The lowest BCUT2D eigenvalue weighted by atomic mass is 9.88. The van der Waals surface area contributed by atoms with Gasteiger partial charge in [-0.2, -0.15) is 0 Å². The molecule has 1 aliphatic rings. The lowest BCUT2D eigenvalue weighted by Crippen LogP contribution is -2.45. The Morgan fingerprint density at radius 3 is 2.33 bits per heavy atom. The average Bonchev–Trinajstić information content (AvgIpc) is 2.19. The van der Waals surface area contributed by atoms with Gasteiger partial charge in [0.15, 0.2) is 0 Å². The maximum atomic E-state index is 5.42. The molecule has 0 saturated heterocycles. The van der Waals surface area contributed by atoms with E-state index in [9.17, 15) is 0 Å². The molecule has 4 nitrogen and oxygen atoms in total. The molecule has 1 aliphatic carbocycles. The molecule has 0 aromatic carbocycles. The summed E-state index contributed by atoms with van der Waals surface area (Å²) in [5, 5.41) is 3.20. The average molecular weight is 212 g/mol. The third-order valence-electron chi connectivity index (χ3n) is 2.86. The smallest absolute Gasteiger partial charge is 0.206 e. The summed E-state index contributed by atoms with van der Waals surface area (Å²) in [4.78, 5) is 4.60. The Bertz CT molecular complexity index is 205. The van der Waals surface area contributed by atoms with Gasteiger partial charge in [-0.1, -0.05) is 6.92 Å². The van der Waals surface area contributed by atoms with Crippen LogP contribution >= 0.6 is 0 Å². The molecular weight excluding hydrogens is 188 g/mol. The van der Waals surface area contributed by atoms with Gasteiger partial charge in [-0.3, -0.25) is 5.43 Å². The predicted octanol–water partition coefficient (Wildman–Crippen LogP) is 1.38. The molecule has 0 aromatic rings. The van der Waals surface area contributed by atoms with Crippen LogP contribution in [0.3, 0.4) is 0 Å². The fraction of sp³-hybridized carbons (Fsp3) is 0.909. The Morgan fingerprint density at radius 1 is 1.27 bits per heavy atom. The van der Waals surface area contributed by atoms with E-state index in [0.29, 0.717) is 12.1 Å². The Balaban J connectivity index is 2.44. The highest BCUT2D eigenvalue weighted by Crippen LogP contribution is 2.25. The molecule has 0 atom stereocenters. The largest absolute Gasteiger partial charge is 0.353 e. The Kier molecular flexibility index (Phi) is 4.88. The van der Waals surface area contributed by atoms with Crippen LogP contribution in [0.5, 0.6) is 0 Å². The minimum Gasteiger partial charge on any atom is -0.353 e. The summed E-state index contributed by atoms with van der Waals surface area (Å²) >= 11 is 0. The van der Waals surface area contributed by atoms with E-state index in [2.05, 4.69) is 36.5 Å². The van der Waals surface area contributed by atoms with Crippen LogP contribution in [0, 0.1) is 5.92 Å². The van der Waals surface area contributed by atoms with E-state index >= 15 is 0 Å². The zero-order chi connectivity index (χ0) is 11.3. The van der Waals surface area contributed by atoms with Gasteiger partial charge in [0.05, 0.1) is 6.04 Å². The van der Waals surface area contributed by atoms with Gasteiger partial charge in [-0.25, -0.2) is 10.8 Å². The standard InChI is InChI=1S/C11H24N4/c1-8(2)13-11(15-12)14-10-6-4-9(3)5-7-10/h8-10H,4-7,12H2,1-3H3,(H2,13,14,15). The number of hydrogen-bond donors (Lipinski definition) is 3. The van der Waals surface area contributed by atoms with Crippen molar-refractivity contribution in [1.29, 1.82) is 0 Å². The summed E-state index contributed by atoms with van der Waals surface area (Å²) in [6.07, 6.45) is 4.94. The second-order valence-corrected chi connectivity index (χ2v) is 4.83. The number of hydrazine groups is 1. The van der Waals surface area contributed by atoms with Crippen LogP contribution in [0.25, 0.3) is 0 Å². The molecule has 15 heavy (non-hydrogen) atoms. The predicted molar refractivity (Wildman–Crippen MR) is 64.4 cm³/mol. The summed E-state index contributed by atoms with van der Waals surface area (Å²) in [5.74, 6) is 7.01. The molecule has 0 aliphatic heterocycles. The Hall–Kier alpha value is -0.770. The number of rotatable bonds is 2. The summed E-state index contributed by atoms with van der Waals surface area (Å²) in [6, 6.07) is 0.806. The van der Waals surface area contributed by atoms with Gasteiger partial charge < -0.3 is 5.32 Å². The molecule has 88 valence electrons. The molecule has 0 radical (unpaired) electrons. The van der Waals surface area contributed by atoms with Crippen LogP contribution in [0.1, 0.15) is 46.5 Å². The first-order valence-electron chi connectivity index (χ1n) is 5.92. The van der Waals surface area contributed by atoms with Crippen molar-refractivity contribution in [3.63, 3.8) is 0 Å². The zero-order valence-corrected chi connectivity index (χ0v) is 10.1. The van der Waals surface area contributed by atoms with Crippen LogP contribution in [0.2, 0.25) is 0 Å². The highest BCUT2D eigenvalue weighted by Gasteiger charge is 2.17. The molecular formula is C11H24N4. The van der Waals surface area contributed by atoms with Crippen molar-refractivity contribution in [1.82, 2.24) is 10.7 Å². The van der Waals surface area contributed by atoms with Gasteiger partial charge in [0.25, 0.3) is 0 Å². The second kappa shape index (κ2) is 5.95. The van der Waals surface area contributed by atoms with E-state index in [1.807, 2.05) is 0 Å². The van der Waals surface area contributed by atoms with E-state index in [1.165, 1.54) is 25.7 Å². The Morgan fingerprint density at radius 2 is 1.87 bits per heavy atom. The van der Waals surface area contributed by atoms with Crippen molar-refractivity contribution in [2.45, 2.75) is 58.5 Å². The van der Waals surface area contributed by atoms with E-state index in [4.69, 9.17) is 5.84 Å². The molecule has 1 saturated carbocycles. The lowest BCUT2D eigenvalue weighted by molar-refractivity contribution is 0.348. The molecule has 4 N–H and O–H groups in total. The van der Waals surface area contributed by atoms with Crippen molar-refractivity contribution in [2.75, 3.05) is 0 Å². The van der Waals surface area contributed by atoms with Gasteiger partial charge in [-0.05, 0) is 45.4 Å². The third-order valence-corrected chi connectivity index (χ3v) is 2.86. The van der Waals surface area contributed by atoms with Crippen LogP contribution in [0.15, 0.2) is 4.99 Å². The van der Waals surface area contributed by atoms with Gasteiger partial charge in [0.1, 0.15) is 0 Å². The molecule has 1 fully saturated rings. The first-order chi connectivity index (χ1) is 7.11. The number of hydrogen-bond acceptors (Lipinski definition) is 2. The van der Waals surface area contributed by atoms with Crippen LogP contribution in [0.4, 0.5) is 0 Å². The number of nitrogens with two attached hydrogens (primary N) is 1. The zero-order valence-electron chi connectivity index (χ0n) is 10.1. The molecule has 0 heterocycles. The molecule has 0 amide bonds. The molecule has 0 aromatic heterocycles. The summed E-state index contributed by atoms with van der Waals surface area (Å²) in [6.45, 7) is 6.47. The monoisotopic (exact) mass is 212 g/mol. The summed E-state index contributed by atoms with van der Waals surface area (Å²) < 4.78 is 0. The van der Waals surface area contributed by atoms with Crippen molar-refractivity contribution >= 4 is 5.96 Å².